The Bertz CT molecular complexity index is 3550. The Hall–Kier alpha value is -7.36. The van der Waals surface area contributed by atoms with E-state index in [1.165, 1.54) is 93.5 Å². The van der Waals surface area contributed by atoms with Crippen molar-refractivity contribution in [2.75, 3.05) is 0 Å². The summed E-state index contributed by atoms with van der Waals surface area (Å²) in [6.45, 7) is 0. The smallest absolute Gasteiger partial charge is 0.137 e. The van der Waals surface area contributed by atoms with Crippen molar-refractivity contribution in [2.24, 2.45) is 0 Å². The lowest BCUT2D eigenvalue weighted by molar-refractivity contribution is 0.669. The Morgan fingerprint density at radius 2 is 0.945 bits per heavy atom. The summed E-state index contributed by atoms with van der Waals surface area (Å²) in [6.07, 6.45) is 0. The summed E-state index contributed by atoms with van der Waals surface area (Å²) in [5, 5.41) is 9.73. The maximum atomic E-state index is 6.57. The van der Waals surface area contributed by atoms with E-state index in [2.05, 4.69) is 191 Å². The van der Waals surface area contributed by atoms with Gasteiger partial charge >= 0.3 is 0 Å². The van der Waals surface area contributed by atoms with Gasteiger partial charge < -0.3 is 13.6 Å². The van der Waals surface area contributed by atoms with Gasteiger partial charge in [-0.25, -0.2) is 0 Å². The average Bonchev–Trinajstić information content (AvgIpc) is 3.99. The zero-order chi connectivity index (χ0) is 35.8. The first kappa shape index (κ1) is 29.1. The maximum Gasteiger partial charge on any atom is 0.137 e. The lowest BCUT2D eigenvalue weighted by Gasteiger charge is -2.15. The van der Waals surface area contributed by atoms with Gasteiger partial charge in [-0.1, -0.05) is 133 Å². The fourth-order valence-electron chi connectivity index (χ4n) is 9.79. The highest BCUT2D eigenvalue weighted by Crippen LogP contribution is 2.51. The molecular weight excluding hydrogens is 669 g/mol. The number of hydrogen-bond donors (Lipinski definition) is 0. The molecule has 0 aliphatic heterocycles. The second-order valence-corrected chi connectivity index (χ2v) is 14.8. The quantitative estimate of drug-likeness (QED) is 0.180. The highest BCUT2D eigenvalue weighted by atomic mass is 16.3. The van der Waals surface area contributed by atoms with Crippen molar-refractivity contribution < 1.29 is 4.42 Å². The van der Waals surface area contributed by atoms with Crippen LogP contribution < -0.4 is 0 Å². The minimum absolute atomic E-state index is 0.897. The molecule has 0 N–H and O–H groups in total. The first-order chi connectivity index (χ1) is 27.3. The average molecular weight is 699 g/mol. The van der Waals surface area contributed by atoms with E-state index < -0.39 is 0 Å². The first-order valence-electron chi connectivity index (χ1n) is 18.9. The molecule has 3 nitrogen and oxygen atoms in total. The minimum atomic E-state index is 0.897. The van der Waals surface area contributed by atoms with E-state index in [0.29, 0.717) is 0 Å². The first-order valence-corrected chi connectivity index (χ1v) is 18.9. The highest BCUT2D eigenvalue weighted by molar-refractivity contribution is 6.31. The zero-order valence-corrected chi connectivity index (χ0v) is 29.6. The summed E-state index contributed by atoms with van der Waals surface area (Å²) in [5.41, 5.74) is 16.5. The fraction of sp³-hybridized carbons (Fsp3) is 0. The lowest BCUT2D eigenvalue weighted by Crippen LogP contribution is -1.97. The second kappa shape index (κ2) is 10.6. The Morgan fingerprint density at radius 1 is 0.309 bits per heavy atom. The maximum absolute atomic E-state index is 6.57. The number of furan rings is 1. The molecule has 1 aliphatic carbocycles. The van der Waals surface area contributed by atoms with Crippen LogP contribution in [0.25, 0.3) is 121 Å². The summed E-state index contributed by atoms with van der Waals surface area (Å²) in [6, 6.07) is 66.4. The van der Waals surface area contributed by atoms with Crippen LogP contribution in [0, 0.1) is 0 Å². The molecule has 9 aromatic carbocycles. The normalized spacial score (nSPS) is 12.4. The fourth-order valence-corrected chi connectivity index (χ4v) is 9.79. The number of hydrogen-bond acceptors (Lipinski definition) is 1. The van der Waals surface area contributed by atoms with Crippen LogP contribution in [0.15, 0.2) is 186 Å². The van der Waals surface area contributed by atoms with E-state index in [1.54, 1.807) is 0 Å². The molecule has 0 spiro atoms. The van der Waals surface area contributed by atoms with Gasteiger partial charge in [0.25, 0.3) is 0 Å². The molecule has 12 aromatic rings. The van der Waals surface area contributed by atoms with Gasteiger partial charge in [0.1, 0.15) is 11.2 Å². The molecule has 1 aliphatic rings. The molecule has 0 amide bonds. The van der Waals surface area contributed by atoms with E-state index in [1.807, 2.05) is 0 Å². The van der Waals surface area contributed by atoms with E-state index in [0.717, 1.165) is 27.6 Å². The molecule has 0 atom stereocenters. The summed E-state index contributed by atoms with van der Waals surface area (Å²) in [7, 11) is 0. The van der Waals surface area contributed by atoms with Crippen molar-refractivity contribution in [2.45, 2.75) is 0 Å². The molecule has 0 fully saturated rings. The van der Waals surface area contributed by atoms with Crippen molar-refractivity contribution in [1.29, 1.82) is 0 Å². The molecule has 0 saturated heterocycles. The monoisotopic (exact) mass is 698 g/mol. The third-order valence-electron chi connectivity index (χ3n) is 12.1. The second-order valence-electron chi connectivity index (χ2n) is 14.8. The van der Waals surface area contributed by atoms with Crippen LogP contribution in [-0.2, 0) is 0 Å². The lowest BCUT2D eigenvalue weighted by atomic mass is 10.0. The number of rotatable bonds is 3. The number of benzene rings is 9. The predicted molar refractivity (Wildman–Crippen MR) is 230 cm³/mol. The van der Waals surface area contributed by atoms with Gasteiger partial charge in [0.15, 0.2) is 0 Å². The number of nitrogens with zero attached hydrogens (tertiary/aromatic N) is 2. The highest BCUT2D eigenvalue weighted by Gasteiger charge is 2.27. The Labute approximate surface area is 315 Å². The summed E-state index contributed by atoms with van der Waals surface area (Å²) in [5.74, 6) is 0. The van der Waals surface area contributed by atoms with Crippen molar-refractivity contribution in [3.05, 3.63) is 182 Å². The molecule has 3 heterocycles. The van der Waals surface area contributed by atoms with Gasteiger partial charge in [0.2, 0.25) is 0 Å². The molecule has 55 heavy (non-hydrogen) atoms. The van der Waals surface area contributed by atoms with Crippen LogP contribution in [-0.4, -0.2) is 9.13 Å². The van der Waals surface area contributed by atoms with E-state index in [4.69, 9.17) is 4.42 Å². The van der Waals surface area contributed by atoms with Gasteiger partial charge in [0, 0.05) is 38.0 Å². The summed E-state index contributed by atoms with van der Waals surface area (Å²) in [4.78, 5) is 0. The predicted octanol–water partition coefficient (Wildman–Crippen LogP) is 14.2. The van der Waals surface area contributed by atoms with Crippen molar-refractivity contribution in [1.82, 2.24) is 9.13 Å². The Morgan fingerprint density at radius 3 is 1.78 bits per heavy atom. The number of fused-ring (bicyclic) bond motifs is 14. The third-order valence-corrected chi connectivity index (χ3v) is 12.1. The van der Waals surface area contributed by atoms with Gasteiger partial charge in [-0.05, 0) is 87.3 Å². The molecule has 0 radical (unpaired) electrons. The molecular formula is C52H30N2O. The zero-order valence-electron chi connectivity index (χ0n) is 29.6. The number of para-hydroxylation sites is 2. The van der Waals surface area contributed by atoms with E-state index in [-0.39, 0.29) is 0 Å². The topological polar surface area (TPSA) is 23.0 Å². The molecule has 3 heteroatoms. The molecule has 0 unspecified atom stereocenters. The van der Waals surface area contributed by atoms with Crippen LogP contribution in [0.1, 0.15) is 0 Å². The third kappa shape index (κ3) is 3.79. The minimum Gasteiger partial charge on any atom is -0.456 e. The van der Waals surface area contributed by atoms with Crippen molar-refractivity contribution >= 4 is 76.3 Å². The SMILES string of the molecule is c1ccc(-c2ccc(-n3c4ccccc4c4c3ccc3c5ccc6oc7ccccc7c6c5n(-c5ccc6c7c(cccc57)-c5ccccc5-6)c34)cc2)cc1. The molecule has 254 valence electrons. The van der Waals surface area contributed by atoms with Crippen LogP contribution in [0.4, 0.5) is 0 Å². The number of aromatic nitrogens is 2. The molecule has 0 saturated carbocycles. The van der Waals surface area contributed by atoms with Crippen LogP contribution in [0.3, 0.4) is 0 Å². The largest absolute Gasteiger partial charge is 0.456 e. The summed E-state index contributed by atoms with van der Waals surface area (Å²) >= 11 is 0. The summed E-state index contributed by atoms with van der Waals surface area (Å²) < 4.78 is 11.6. The van der Waals surface area contributed by atoms with Crippen LogP contribution >= 0.6 is 0 Å². The molecule has 3 aromatic heterocycles. The van der Waals surface area contributed by atoms with E-state index >= 15 is 0 Å². The van der Waals surface area contributed by atoms with Gasteiger partial charge in [-0.3, -0.25) is 0 Å². The molecule has 13 rings (SSSR count). The van der Waals surface area contributed by atoms with Gasteiger partial charge in [0.05, 0.1) is 33.1 Å². The van der Waals surface area contributed by atoms with Crippen molar-refractivity contribution in [3.8, 4) is 44.8 Å². The van der Waals surface area contributed by atoms with Crippen LogP contribution in [0.2, 0.25) is 0 Å². The Balaban J connectivity index is 1.21. The van der Waals surface area contributed by atoms with Gasteiger partial charge in [-0.15, -0.1) is 0 Å². The van der Waals surface area contributed by atoms with Gasteiger partial charge in [-0.2, -0.15) is 0 Å². The standard InChI is InChI=1S/C52H30N2O/c1-2-11-31(12-3-1)32-21-23-33(24-22-32)53-43-19-8-6-15-41(43)49-45(53)29-26-38-39-27-30-47-50(42-16-7-9-20-46(42)55-47)52(39)54(51(38)49)44-28-25-37-35-14-5-4-13-34(35)36-17-10-18-40(44)48(36)37/h1-30H. The Kier molecular flexibility index (Phi) is 5.63. The molecule has 0 bridgehead atoms. The van der Waals surface area contributed by atoms with Crippen LogP contribution in [0.5, 0.6) is 0 Å². The van der Waals surface area contributed by atoms with E-state index in [9.17, 15) is 0 Å². The van der Waals surface area contributed by atoms with Crippen molar-refractivity contribution in [3.63, 3.8) is 0 Å².